The number of anilines is 1. The van der Waals surface area contributed by atoms with Gasteiger partial charge in [-0.25, -0.2) is 4.79 Å². The van der Waals surface area contributed by atoms with Crippen LogP contribution in [-0.4, -0.2) is 59.5 Å². The number of fused-ring (bicyclic) bond motifs is 1. The number of carbonyl (C=O) groups excluding carboxylic acids is 2. The molecule has 1 saturated heterocycles. The third kappa shape index (κ3) is 5.24. The largest absolute Gasteiger partial charge is 0.347 e. The van der Waals surface area contributed by atoms with Crippen molar-refractivity contribution in [2.75, 3.05) is 32.5 Å². The number of rotatable bonds is 6. The summed E-state index contributed by atoms with van der Waals surface area (Å²) in [4.78, 5) is 28.4. The van der Waals surface area contributed by atoms with Crippen molar-refractivity contribution in [3.63, 3.8) is 0 Å². The quantitative estimate of drug-likeness (QED) is 0.645. The summed E-state index contributed by atoms with van der Waals surface area (Å²) in [5.41, 5.74) is 2.99. The SMILES string of the molecule is CN(C)C(=O)Cn1ccc2cc(NC(=O)NC3CCN(Cc4ccccc4)C3)ccc21. The summed E-state index contributed by atoms with van der Waals surface area (Å²) in [5.74, 6) is 0.0388. The van der Waals surface area contributed by atoms with Gasteiger partial charge in [0.2, 0.25) is 5.91 Å². The number of nitrogens with zero attached hydrogens (tertiary/aromatic N) is 3. The molecule has 2 heterocycles. The summed E-state index contributed by atoms with van der Waals surface area (Å²) in [6, 6.07) is 18.1. The van der Waals surface area contributed by atoms with Crippen molar-refractivity contribution in [1.82, 2.24) is 19.7 Å². The van der Waals surface area contributed by atoms with Gasteiger partial charge in [-0.3, -0.25) is 9.69 Å². The Hall–Kier alpha value is -3.32. The van der Waals surface area contributed by atoms with Gasteiger partial charge in [-0.2, -0.15) is 0 Å². The number of hydrogen-bond acceptors (Lipinski definition) is 3. The first-order valence-electron chi connectivity index (χ1n) is 10.6. The molecule has 0 radical (unpaired) electrons. The van der Waals surface area contributed by atoms with Crippen LogP contribution in [0.25, 0.3) is 10.9 Å². The summed E-state index contributed by atoms with van der Waals surface area (Å²) in [5, 5.41) is 7.01. The maximum Gasteiger partial charge on any atom is 0.319 e. The first-order valence-corrected chi connectivity index (χ1v) is 10.6. The molecular formula is C24H29N5O2. The van der Waals surface area contributed by atoms with Crippen molar-refractivity contribution in [2.24, 2.45) is 0 Å². The number of hydrogen-bond donors (Lipinski definition) is 2. The van der Waals surface area contributed by atoms with Gasteiger partial charge in [-0.1, -0.05) is 30.3 Å². The van der Waals surface area contributed by atoms with Crippen LogP contribution in [0.3, 0.4) is 0 Å². The number of nitrogens with one attached hydrogen (secondary N) is 2. The fraction of sp³-hybridized carbons (Fsp3) is 0.333. The van der Waals surface area contributed by atoms with Crippen LogP contribution in [0.4, 0.5) is 10.5 Å². The van der Waals surface area contributed by atoms with Gasteiger partial charge in [0.25, 0.3) is 0 Å². The average molecular weight is 420 g/mol. The lowest BCUT2D eigenvalue weighted by Gasteiger charge is -2.17. The molecule has 7 heteroatoms. The van der Waals surface area contributed by atoms with E-state index in [1.807, 2.05) is 41.1 Å². The van der Waals surface area contributed by atoms with Crippen LogP contribution >= 0.6 is 0 Å². The van der Waals surface area contributed by atoms with E-state index in [1.165, 1.54) is 5.56 Å². The van der Waals surface area contributed by atoms with Crippen LogP contribution < -0.4 is 10.6 Å². The molecule has 31 heavy (non-hydrogen) atoms. The standard InChI is InChI=1S/C24H29N5O2/c1-27(2)23(30)17-29-13-10-19-14-20(8-9-22(19)29)25-24(31)26-21-11-12-28(16-21)15-18-6-4-3-5-7-18/h3-10,13-14,21H,11-12,15-17H2,1-2H3,(H2,25,26,31). The van der Waals surface area contributed by atoms with Crippen LogP contribution in [0.15, 0.2) is 60.8 Å². The minimum atomic E-state index is -0.187. The molecule has 0 spiro atoms. The van der Waals surface area contributed by atoms with Crippen LogP contribution in [0.5, 0.6) is 0 Å². The molecule has 0 aliphatic carbocycles. The zero-order valence-corrected chi connectivity index (χ0v) is 18.0. The molecule has 3 amide bonds. The van der Waals surface area contributed by atoms with E-state index < -0.39 is 0 Å². The number of aromatic nitrogens is 1. The molecular weight excluding hydrogens is 390 g/mol. The number of amides is 3. The molecule has 4 rings (SSSR count). The Morgan fingerprint density at radius 1 is 1.10 bits per heavy atom. The fourth-order valence-corrected chi connectivity index (χ4v) is 3.99. The number of benzene rings is 2. The van der Waals surface area contributed by atoms with Crippen molar-refractivity contribution in [1.29, 1.82) is 0 Å². The minimum absolute atomic E-state index is 0.0388. The number of likely N-dealkylation sites (N-methyl/N-ethyl adjacent to an activating group) is 1. The molecule has 1 atom stereocenters. The molecule has 1 aliphatic heterocycles. The Balaban J connectivity index is 1.31. The summed E-state index contributed by atoms with van der Waals surface area (Å²) in [7, 11) is 3.50. The van der Waals surface area contributed by atoms with Gasteiger partial charge in [0.1, 0.15) is 6.54 Å². The number of likely N-dealkylation sites (tertiary alicyclic amines) is 1. The van der Waals surface area contributed by atoms with Crippen LogP contribution in [0.2, 0.25) is 0 Å². The predicted octanol–water partition coefficient (Wildman–Crippen LogP) is 3.13. The van der Waals surface area contributed by atoms with Crippen molar-refractivity contribution in [2.45, 2.75) is 25.6 Å². The summed E-state index contributed by atoms with van der Waals surface area (Å²) in [6.07, 6.45) is 2.85. The van der Waals surface area contributed by atoms with Gasteiger partial charge in [0.05, 0.1) is 0 Å². The average Bonchev–Trinajstić information content (AvgIpc) is 3.35. The topological polar surface area (TPSA) is 69.6 Å². The van der Waals surface area contributed by atoms with Crippen molar-refractivity contribution < 1.29 is 9.59 Å². The molecule has 0 bridgehead atoms. The zero-order valence-electron chi connectivity index (χ0n) is 18.0. The smallest absolute Gasteiger partial charge is 0.319 e. The zero-order chi connectivity index (χ0) is 21.8. The van der Waals surface area contributed by atoms with E-state index in [2.05, 4.69) is 39.8 Å². The Morgan fingerprint density at radius 2 is 1.90 bits per heavy atom. The Morgan fingerprint density at radius 3 is 2.68 bits per heavy atom. The molecule has 1 unspecified atom stereocenters. The molecule has 3 aromatic rings. The normalized spacial score (nSPS) is 16.4. The lowest BCUT2D eigenvalue weighted by molar-refractivity contribution is -0.129. The maximum absolute atomic E-state index is 12.5. The van der Waals surface area contributed by atoms with Gasteiger partial charge in [-0.05, 0) is 36.2 Å². The third-order valence-corrected chi connectivity index (χ3v) is 5.69. The fourth-order valence-electron chi connectivity index (χ4n) is 3.99. The van der Waals surface area contributed by atoms with Gasteiger partial charge in [-0.15, -0.1) is 0 Å². The van der Waals surface area contributed by atoms with Crippen molar-refractivity contribution in [3.05, 3.63) is 66.4 Å². The van der Waals surface area contributed by atoms with E-state index in [0.29, 0.717) is 6.54 Å². The van der Waals surface area contributed by atoms with E-state index in [4.69, 9.17) is 0 Å². The highest BCUT2D eigenvalue weighted by Crippen LogP contribution is 2.21. The van der Waals surface area contributed by atoms with E-state index in [9.17, 15) is 9.59 Å². The number of carbonyl (C=O) groups is 2. The van der Waals surface area contributed by atoms with Crippen molar-refractivity contribution in [3.8, 4) is 0 Å². The van der Waals surface area contributed by atoms with Crippen LogP contribution in [0, 0.1) is 0 Å². The van der Waals surface area contributed by atoms with E-state index >= 15 is 0 Å². The second-order valence-electron chi connectivity index (χ2n) is 8.31. The molecule has 1 fully saturated rings. The minimum Gasteiger partial charge on any atom is -0.347 e. The molecule has 0 saturated carbocycles. The van der Waals surface area contributed by atoms with Gasteiger partial charge >= 0.3 is 6.03 Å². The molecule has 1 aliphatic rings. The highest BCUT2D eigenvalue weighted by atomic mass is 16.2. The Kier molecular flexibility index (Phi) is 6.23. The van der Waals surface area contributed by atoms with Crippen LogP contribution in [0.1, 0.15) is 12.0 Å². The lowest BCUT2D eigenvalue weighted by atomic mass is 10.2. The number of urea groups is 1. The Bertz CT molecular complexity index is 1060. The molecule has 7 nitrogen and oxygen atoms in total. The van der Waals surface area contributed by atoms with Gasteiger partial charge in [0.15, 0.2) is 0 Å². The summed E-state index contributed by atoms with van der Waals surface area (Å²) in [6.45, 7) is 3.03. The second-order valence-corrected chi connectivity index (χ2v) is 8.31. The molecule has 2 N–H and O–H groups in total. The van der Waals surface area contributed by atoms with Gasteiger partial charge in [0, 0.05) is 62.6 Å². The lowest BCUT2D eigenvalue weighted by Crippen LogP contribution is -2.39. The first-order chi connectivity index (χ1) is 15.0. The van der Waals surface area contributed by atoms with Crippen LogP contribution in [-0.2, 0) is 17.9 Å². The summed E-state index contributed by atoms with van der Waals surface area (Å²) < 4.78 is 1.92. The molecule has 162 valence electrons. The van der Waals surface area contributed by atoms with Gasteiger partial charge < -0.3 is 20.1 Å². The molecule has 1 aromatic heterocycles. The first kappa shape index (κ1) is 20.9. The maximum atomic E-state index is 12.5. The monoisotopic (exact) mass is 419 g/mol. The molecule has 2 aromatic carbocycles. The second kappa shape index (κ2) is 9.22. The van der Waals surface area contributed by atoms with Crippen molar-refractivity contribution >= 4 is 28.5 Å². The summed E-state index contributed by atoms with van der Waals surface area (Å²) >= 11 is 0. The highest BCUT2D eigenvalue weighted by molar-refractivity contribution is 5.93. The van der Waals surface area contributed by atoms with E-state index in [1.54, 1.807) is 19.0 Å². The predicted molar refractivity (Wildman–Crippen MR) is 123 cm³/mol. The Labute approximate surface area is 182 Å². The third-order valence-electron chi connectivity index (χ3n) is 5.69. The van der Waals surface area contributed by atoms with E-state index in [0.717, 1.165) is 42.6 Å². The highest BCUT2D eigenvalue weighted by Gasteiger charge is 2.23. The van der Waals surface area contributed by atoms with E-state index in [-0.39, 0.29) is 18.0 Å².